The van der Waals surface area contributed by atoms with Crippen LogP contribution in [0.4, 0.5) is 10.1 Å². The first kappa shape index (κ1) is 20.9. The Hall–Kier alpha value is -2.32. The highest BCUT2D eigenvalue weighted by atomic mass is 35.5. The predicted molar refractivity (Wildman–Crippen MR) is 115 cm³/mol. The normalized spacial score (nSPS) is 15.8. The van der Waals surface area contributed by atoms with Crippen LogP contribution in [0.2, 0.25) is 5.02 Å². The molecule has 158 valence electrons. The lowest BCUT2D eigenvalue weighted by Gasteiger charge is -2.25. The highest BCUT2D eigenvalue weighted by Gasteiger charge is 2.27. The quantitative estimate of drug-likeness (QED) is 0.471. The number of amides is 1. The number of thioether (sulfide) groups is 1. The van der Waals surface area contributed by atoms with E-state index in [2.05, 4.69) is 20.1 Å². The number of anilines is 1. The van der Waals surface area contributed by atoms with Gasteiger partial charge in [0, 0.05) is 6.04 Å². The number of hydrogen-bond acceptors (Lipinski definition) is 5. The molecule has 1 fully saturated rings. The van der Waals surface area contributed by atoms with Gasteiger partial charge in [0.05, 0.1) is 22.2 Å². The van der Waals surface area contributed by atoms with E-state index in [-0.39, 0.29) is 17.0 Å². The number of nitrogens with zero attached hydrogens (tertiary/aromatic N) is 3. The molecule has 1 aromatic carbocycles. The Labute approximate surface area is 183 Å². The van der Waals surface area contributed by atoms with Crippen molar-refractivity contribution in [2.24, 2.45) is 0 Å². The molecule has 4 rings (SSSR count). The van der Waals surface area contributed by atoms with E-state index in [1.165, 1.54) is 36.4 Å². The lowest BCUT2D eigenvalue weighted by molar-refractivity contribution is -0.115. The number of benzene rings is 1. The standard InChI is InChI=1S/C21H22ClFN4O2S/c1-13(20(28)24-17-10-9-14(23)12-16(17)22)30-21-26-25-19(18-8-5-11-29-18)27(21)15-6-3-2-4-7-15/h5,8-13,15H,2-4,6-7H2,1H3,(H,24,28)/t13-/m1/s1. The minimum atomic E-state index is -0.456. The van der Waals surface area contributed by atoms with E-state index in [4.69, 9.17) is 16.0 Å². The zero-order valence-corrected chi connectivity index (χ0v) is 18.0. The molecule has 1 aliphatic carbocycles. The molecule has 30 heavy (non-hydrogen) atoms. The van der Waals surface area contributed by atoms with Crippen LogP contribution in [0.5, 0.6) is 0 Å². The van der Waals surface area contributed by atoms with E-state index in [1.54, 1.807) is 13.2 Å². The van der Waals surface area contributed by atoms with Crippen molar-refractivity contribution in [1.82, 2.24) is 14.8 Å². The smallest absolute Gasteiger partial charge is 0.237 e. The number of rotatable bonds is 6. The summed E-state index contributed by atoms with van der Waals surface area (Å²) in [6.45, 7) is 1.80. The topological polar surface area (TPSA) is 73.0 Å². The van der Waals surface area contributed by atoms with Gasteiger partial charge in [-0.1, -0.05) is 42.6 Å². The molecule has 0 aliphatic heterocycles. The van der Waals surface area contributed by atoms with Crippen molar-refractivity contribution >= 4 is 35.0 Å². The maximum Gasteiger partial charge on any atom is 0.237 e. The van der Waals surface area contributed by atoms with Crippen LogP contribution in [0.25, 0.3) is 11.6 Å². The highest BCUT2D eigenvalue weighted by Crippen LogP contribution is 2.37. The van der Waals surface area contributed by atoms with Gasteiger partial charge in [0.25, 0.3) is 0 Å². The molecule has 1 saturated carbocycles. The number of halogens is 2. The van der Waals surface area contributed by atoms with Crippen molar-refractivity contribution in [1.29, 1.82) is 0 Å². The van der Waals surface area contributed by atoms with Crippen LogP contribution in [0.1, 0.15) is 45.1 Å². The van der Waals surface area contributed by atoms with Gasteiger partial charge in [-0.3, -0.25) is 9.36 Å². The summed E-state index contributed by atoms with van der Waals surface area (Å²) in [5.41, 5.74) is 0.375. The third-order valence-electron chi connectivity index (χ3n) is 5.19. The second-order valence-corrected chi connectivity index (χ2v) is 9.03. The lowest BCUT2D eigenvalue weighted by atomic mass is 9.95. The largest absolute Gasteiger partial charge is 0.461 e. The molecule has 2 heterocycles. The first-order chi connectivity index (χ1) is 14.5. The van der Waals surface area contributed by atoms with Crippen LogP contribution in [0.15, 0.2) is 46.2 Å². The minimum Gasteiger partial charge on any atom is -0.461 e. The van der Waals surface area contributed by atoms with Crippen LogP contribution in [-0.4, -0.2) is 25.9 Å². The molecule has 0 unspecified atom stereocenters. The Kier molecular flexibility index (Phi) is 6.43. The van der Waals surface area contributed by atoms with Crippen LogP contribution in [-0.2, 0) is 4.79 Å². The van der Waals surface area contributed by atoms with E-state index >= 15 is 0 Å². The molecule has 3 aromatic rings. The Morgan fingerprint density at radius 1 is 1.30 bits per heavy atom. The van der Waals surface area contributed by atoms with Gasteiger partial charge < -0.3 is 9.73 Å². The van der Waals surface area contributed by atoms with Crippen LogP contribution in [0, 0.1) is 5.82 Å². The monoisotopic (exact) mass is 448 g/mol. The summed E-state index contributed by atoms with van der Waals surface area (Å²) in [5.74, 6) is 0.649. The molecule has 2 aromatic heterocycles. The van der Waals surface area contributed by atoms with Gasteiger partial charge in [0.2, 0.25) is 11.7 Å². The van der Waals surface area contributed by atoms with Crippen LogP contribution >= 0.6 is 23.4 Å². The second-order valence-electron chi connectivity index (χ2n) is 7.32. The number of furan rings is 1. The molecular weight excluding hydrogens is 427 g/mol. The summed E-state index contributed by atoms with van der Waals surface area (Å²) in [4.78, 5) is 12.7. The molecule has 0 saturated heterocycles. The molecule has 1 amide bonds. The third-order valence-corrected chi connectivity index (χ3v) is 6.56. The fourth-order valence-electron chi connectivity index (χ4n) is 3.64. The number of carbonyl (C=O) groups is 1. The average Bonchev–Trinajstić information content (AvgIpc) is 3.40. The fourth-order valence-corrected chi connectivity index (χ4v) is 4.77. The molecule has 1 aliphatic rings. The molecule has 9 heteroatoms. The Morgan fingerprint density at radius 2 is 2.10 bits per heavy atom. The van der Waals surface area contributed by atoms with Crippen LogP contribution in [0.3, 0.4) is 0 Å². The Morgan fingerprint density at radius 3 is 2.80 bits per heavy atom. The number of hydrogen-bond donors (Lipinski definition) is 1. The van der Waals surface area contributed by atoms with Gasteiger partial charge in [0.1, 0.15) is 5.82 Å². The van der Waals surface area contributed by atoms with Gasteiger partial charge >= 0.3 is 0 Å². The number of aromatic nitrogens is 3. The average molecular weight is 449 g/mol. The summed E-state index contributed by atoms with van der Waals surface area (Å²) in [7, 11) is 0. The summed E-state index contributed by atoms with van der Waals surface area (Å²) in [5, 5.41) is 11.9. The van der Waals surface area contributed by atoms with E-state index in [0.29, 0.717) is 22.4 Å². The number of nitrogens with one attached hydrogen (secondary N) is 1. The highest BCUT2D eigenvalue weighted by molar-refractivity contribution is 8.00. The van der Waals surface area contributed by atoms with E-state index in [0.717, 1.165) is 25.7 Å². The van der Waals surface area contributed by atoms with Crippen molar-refractivity contribution in [3.8, 4) is 11.6 Å². The molecule has 1 atom stereocenters. The fraction of sp³-hybridized carbons (Fsp3) is 0.381. The van der Waals surface area contributed by atoms with E-state index in [1.807, 2.05) is 12.1 Å². The van der Waals surface area contributed by atoms with Gasteiger partial charge in [-0.15, -0.1) is 10.2 Å². The zero-order chi connectivity index (χ0) is 21.1. The van der Waals surface area contributed by atoms with Crippen molar-refractivity contribution in [3.05, 3.63) is 47.4 Å². The molecule has 1 N–H and O–H groups in total. The molecule has 6 nitrogen and oxygen atoms in total. The van der Waals surface area contributed by atoms with Crippen molar-refractivity contribution in [3.63, 3.8) is 0 Å². The Balaban J connectivity index is 1.55. The molecule has 0 bridgehead atoms. The van der Waals surface area contributed by atoms with Gasteiger partial charge in [-0.2, -0.15) is 0 Å². The predicted octanol–water partition coefficient (Wildman–Crippen LogP) is 5.96. The summed E-state index contributed by atoms with van der Waals surface area (Å²) >= 11 is 7.36. The first-order valence-electron chi connectivity index (χ1n) is 9.94. The maximum atomic E-state index is 13.2. The van der Waals surface area contributed by atoms with Crippen molar-refractivity contribution in [2.45, 2.75) is 55.5 Å². The second kappa shape index (κ2) is 9.22. The van der Waals surface area contributed by atoms with Crippen molar-refractivity contribution < 1.29 is 13.6 Å². The van der Waals surface area contributed by atoms with Crippen LogP contribution < -0.4 is 5.32 Å². The molecular formula is C21H22ClFN4O2S. The van der Waals surface area contributed by atoms with E-state index in [9.17, 15) is 9.18 Å². The van der Waals surface area contributed by atoms with Gasteiger partial charge in [-0.05, 0) is 50.1 Å². The van der Waals surface area contributed by atoms with E-state index < -0.39 is 11.1 Å². The zero-order valence-electron chi connectivity index (χ0n) is 16.5. The summed E-state index contributed by atoms with van der Waals surface area (Å²) < 4.78 is 20.9. The molecule has 0 spiro atoms. The molecule has 0 radical (unpaired) electrons. The first-order valence-corrected chi connectivity index (χ1v) is 11.2. The minimum absolute atomic E-state index is 0.158. The SMILES string of the molecule is C[C@@H](Sc1nnc(-c2ccco2)n1C1CCCCC1)C(=O)Nc1ccc(F)cc1Cl. The Bertz CT molecular complexity index is 1020. The number of carbonyl (C=O) groups excluding carboxylic acids is 1. The van der Waals surface area contributed by atoms with Gasteiger partial charge in [-0.25, -0.2) is 4.39 Å². The third kappa shape index (κ3) is 4.54. The maximum absolute atomic E-state index is 13.2. The summed E-state index contributed by atoms with van der Waals surface area (Å²) in [6, 6.07) is 7.85. The van der Waals surface area contributed by atoms with Crippen molar-refractivity contribution in [2.75, 3.05) is 5.32 Å². The van der Waals surface area contributed by atoms with Gasteiger partial charge in [0.15, 0.2) is 10.9 Å². The lowest BCUT2D eigenvalue weighted by Crippen LogP contribution is -2.23. The summed E-state index contributed by atoms with van der Waals surface area (Å²) in [6.07, 6.45) is 7.25.